The van der Waals surface area contributed by atoms with Crippen LogP contribution in [-0.4, -0.2) is 12.9 Å². The van der Waals surface area contributed by atoms with E-state index in [4.69, 9.17) is 0 Å². The fraction of sp³-hybridized carbons (Fsp3) is 0.250. The Kier molecular flexibility index (Phi) is 0.472. The summed E-state index contributed by atoms with van der Waals surface area (Å²) in [6, 6.07) is 0. The van der Waals surface area contributed by atoms with E-state index in [1.54, 1.807) is 0 Å². The molecule has 5 heavy (non-hydrogen) atoms. The summed E-state index contributed by atoms with van der Waals surface area (Å²) in [4.78, 5) is 0. The molecule has 1 aliphatic rings. The second-order valence-corrected chi connectivity index (χ2v) is 1.27. The summed E-state index contributed by atoms with van der Waals surface area (Å²) in [5.74, 6) is 4.17. The molecule has 0 nitrogen and oxygen atoms in total. The Morgan fingerprint density at radius 3 is 2.20 bits per heavy atom. The van der Waals surface area contributed by atoms with Gasteiger partial charge in [0.2, 0.25) is 0 Å². The summed E-state index contributed by atoms with van der Waals surface area (Å²) in [7, 11) is 0. The molecule has 0 amide bonds. The van der Waals surface area contributed by atoms with E-state index in [9.17, 15) is 0 Å². The maximum atomic E-state index is 2.08. The van der Waals surface area contributed by atoms with Crippen LogP contribution in [0.1, 0.15) is 6.92 Å². The molecule has 1 aliphatic heterocycles. The third-order valence-electron chi connectivity index (χ3n) is 0.718. The molecule has 0 aromatic heterocycles. The monoisotopic (exact) mass is 64.0 g/mol. The Labute approximate surface area is 32.4 Å². The molecule has 0 spiro atoms. The first kappa shape index (κ1) is 2.89. The average Bonchev–Trinajstić information content (AvgIpc) is 1.30. The summed E-state index contributed by atoms with van der Waals surface area (Å²) in [5, 5.41) is 0. The predicted octanol–water partition coefficient (Wildman–Crippen LogP) is 0.410. The SMILES string of the molecule is CC1=CB=C1. The maximum absolute atomic E-state index is 2.08. The van der Waals surface area contributed by atoms with Crippen molar-refractivity contribution in [1.29, 1.82) is 0 Å². The zero-order valence-electron chi connectivity index (χ0n) is 3.23. The van der Waals surface area contributed by atoms with Gasteiger partial charge < -0.3 is 0 Å². The van der Waals surface area contributed by atoms with Crippen LogP contribution in [-0.2, 0) is 0 Å². The van der Waals surface area contributed by atoms with Crippen LogP contribution in [0.15, 0.2) is 11.5 Å². The van der Waals surface area contributed by atoms with E-state index in [0.29, 0.717) is 0 Å². The molecule has 0 saturated carbocycles. The van der Waals surface area contributed by atoms with Crippen molar-refractivity contribution < 1.29 is 0 Å². The molecule has 1 heterocycles. The van der Waals surface area contributed by atoms with Crippen molar-refractivity contribution in [2.24, 2.45) is 0 Å². The van der Waals surface area contributed by atoms with Crippen LogP contribution in [0.2, 0.25) is 0 Å². The molecule has 0 aromatic carbocycles. The van der Waals surface area contributed by atoms with Gasteiger partial charge in [0.25, 0.3) is 0 Å². The molecular weight excluding hydrogens is 58.9 g/mol. The third-order valence-corrected chi connectivity index (χ3v) is 0.718. The van der Waals surface area contributed by atoms with Gasteiger partial charge in [0, 0.05) is 0 Å². The Balaban J connectivity index is 2.60. The van der Waals surface area contributed by atoms with Crippen LogP contribution in [0.4, 0.5) is 0 Å². The molecule has 0 aliphatic carbocycles. The van der Waals surface area contributed by atoms with Gasteiger partial charge in [-0.1, -0.05) is 0 Å². The van der Waals surface area contributed by atoms with E-state index < -0.39 is 0 Å². The van der Waals surface area contributed by atoms with Crippen LogP contribution in [0.3, 0.4) is 0 Å². The van der Waals surface area contributed by atoms with E-state index in [1.165, 1.54) is 5.57 Å². The topological polar surface area (TPSA) is 0 Å². The summed E-state index contributed by atoms with van der Waals surface area (Å²) in [6.07, 6.45) is 0. The summed E-state index contributed by atoms with van der Waals surface area (Å²) in [5.41, 5.74) is 1.38. The van der Waals surface area contributed by atoms with E-state index in [0.717, 1.165) is 0 Å². The first-order valence-electron chi connectivity index (χ1n) is 1.74. The molecule has 0 radical (unpaired) electrons. The molecule has 1 heteroatoms. The van der Waals surface area contributed by atoms with Crippen LogP contribution < -0.4 is 0 Å². The van der Waals surface area contributed by atoms with E-state index in [2.05, 4.69) is 18.9 Å². The van der Waals surface area contributed by atoms with Gasteiger partial charge in [-0.2, -0.15) is 0 Å². The van der Waals surface area contributed by atoms with E-state index in [-0.39, 0.29) is 0 Å². The van der Waals surface area contributed by atoms with Crippen LogP contribution in [0.5, 0.6) is 0 Å². The normalized spacial score (nSPS) is 15.8. The van der Waals surface area contributed by atoms with E-state index in [1.807, 2.05) is 6.92 Å². The van der Waals surface area contributed by atoms with Gasteiger partial charge in [-0.05, 0) is 0 Å². The number of hydrogen-bond acceptors (Lipinski definition) is 0. The van der Waals surface area contributed by atoms with Crippen molar-refractivity contribution in [3.63, 3.8) is 0 Å². The zero-order valence-corrected chi connectivity index (χ0v) is 3.23. The quantitative estimate of drug-likeness (QED) is 0.358. The van der Waals surface area contributed by atoms with Gasteiger partial charge in [-0.3, -0.25) is 0 Å². The molecular formula is C4H5B. The van der Waals surface area contributed by atoms with Crippen molar-refractivity contribution in [2.45, 2.75) is 6.92 Å². The first-order valence-corrected chi connectivity index (χ1v) is 1.74. The minimum absolute atomic E-state index is 1.38. The second kappa shape index (κ2) is 0.816. The third kappa shape index (κ3) is 0.320. The average molecular weight is 63.9 g/mol. The van der Waals surface area contributed by atoms with Gasteiger partial charge in [0.1, 0.15) is 0 Å². The Hall–Kier alpha value is -0.325. The molecule has 24 valence electrons. The number of hydrogen-bond donors (Lipinski definition) is 0. The van der Waals surface area contributed by atoms with Crippen molar-refractivity contribution in [1.82, 2.24) is 0 Å². The molecule has 0 saturated heterocycles. The molecule has 0 unspecified atom stereocenters. The molecule has 1 rings (SSSR count). The summed E-state index contributed by atoms with van der Waals surface area (Å²) in [6.45, 7) is 4.12. The van der Waals surface area contributed by atoms with Crippen molar-refractivity contribution in [3.8, 4) is 0 Å². The van der Waals surface area contributed by atoms with Gasteiger partial charge in [-0.25, -0.2) is 0 Å². The van der Waals surface area contributed by atoms with Gasteiger partial charge >= 0.3 is 31.4 Å². The first-order chi connectivity index (χ1) is 2.39. The Morgan fingerprint density at radius 1 is 1.80 bits per heavy atom. The molecule has 0 N–H and O–H groups in total. The zero-order chi connectivity index (χ0) is 3.70. The van der Waals surface area contributed by atoms with Crippen molar-refractivity contribution in [2.75, 3.05) is 0 Å². The van der Waals surface area contributed by atoms with Gasteiger partial charge in [0.05, 0.1) is 0 Å². The van der Waals surface area contributed by atoms with Crippen molar-refractivity contribution >= 4 is 12.9 Å². The number of allylic oxidation sites excluding steroid dienone is 1. The fourth-order valence-electron chi connectivity index (χ4n) is 0.289. The predicted molar refractivity (Wildman–Crippen MR) is 25.6 cm³/mol. The van der Waals surface area contributed by atoms with Crippen molar-refractivity contribution in [3.05, 3.63) is 11.5 Å². The molecule has 0 bridgehead atoms. The van der Waals surface area contributed by atoms with Gasteiger partial charge in [0.15, 0.2) is 0 Å². The molecule has 0 fully saturated rings. The minimum atomic E-state index is 1.38. The van der Waals surface area contributed by atoms with Crippen LogP contribution in [0, 0.1) is 0 Å². The second-order valence-electron chi connectivity index (χ2n) is 1.27. The summed E-state index contributed by atoms with van der Waals surface area (Å²) < 4.78 is 0. The molecule has 0 aromatic rings. The van der Waals surface area contributed by atoms with Crippen LogP contribution in [0.25, 0.3) is 0 Å². The van der Waals surface area contributed by atoms with E-state index >= 15 is 0 Å². The van der Waals surface area contributed by atoms with Gasteiger partial charge in [-0.15, -0.1) is 0 Å². The number of rotatable bonds is 0. The summed E-state index contributed by atoms with van der Waals surface area (Å²) >= 11 is 0. The molecule has 0 atom stereocenters. The Bertz CT molecular complexity index is 89.8. The Morgan fingerprint density at radius 2 is 2.20 bits per heavy atom. The fourth-order valence-corrected chi connectivity index (χ4v) is 0.289. The standard InChI is InChI=1S/C4H5B/c1-4-2-5-3-4/h2-3H,1H3. The van der Waals surface area contributed by atoms with Crippen LogP contribution >= 0.6 is 0 Å².